The number of carbonyl (C=O) groups is 1. The van der Waals surface area contributed by atoms with Crippen molar-refractivity contribution in [3.63, 3.8) is 0 Å². The summed E-state index contributed by atoms with van der Waals surface area (Å²) in [5.41, 5.74) is 1.09. The van der Waals surface area contributed by atoms with E-state index in [9.17, 15) is 10.2 Å². The summed E-state index contributed by atoms with van der Waals surface area (Å²) in [6, 6.07) is 10.4. The number of carbonyl (C=O) groups excluding carboxylic acids is 1. The van der Waals surface area contributed by atoms with E-state index in [0.717, 1.165) is 46.2 Å². The van der Waals surface area contributed by atoms with E-state index in [1.54, 1.807) is 55.8 Å². The van der Waals surface area contributed by atoms with E-state index in [-0.39, 0.29) is 60.9 Å². The number of aliphatic hydroxyl groups excluding tert-OH is 1. The summed E-state index contributed by atoms with van der Waals surface area (Å²) < 4.78 is 10.6. The van der Waals surface area contributed by atoms with E-state index >= 15 is 0 Å². The van der Waals surface area contributed by atoms with E-state index in [1.807, 2.05) is 13.8 Å². The van der Waals surface area contributed by atoms with Crippen LogP contribution in [0.25, 0.3) is 0 Å². The smallest absolute Gasteiger partial charge is 0.870 e. The topological polar surface area (TPSA) is 217 Å². The van der Waals surface area contributed by atoms with Crippen molar-refractivity contribution in [2.45, 2.75) is 27.7 Å². The molecule has 0 atom stereocenters. The number of carboxylic acid groups (broad SMARTS) is 1. The number of hydrogen-bond acceptors (Lipinski definition) is 12. The largest absolute Gasteiger partial charge is 3.00 e. The van der Waals surface area contributed by atoms with Crippen molar-refractivity contribution >= 4 is 18.4 Å². The van der Waals surface area contributed by atoms with E-state index in [4.69, 9.17) is 24.5 Å². The number of aliphatic hydroxyl groups is 1. The van der Waals surface area contributed by atoms with Crippen molar-refractivity contribution in [1.82, 2.24) is 16.0 Å². The summed E-state index contributed by atoms with van der Waals surface area (Å²) in [4.78, 5) is 17.5. The molecule has 0 amide bonds. The fraction of sp³-hybridized carbons (Fsp3) is 0.500. The quantitative estimate of drug-likeness (QED) is 0.106. The molecule has 14 heteroatoms. The third-order valence-electron chi connectivity index (χ3n) is 4.87. The molecular weight excluding hydrogens is 726 g/mol. The van der Waals surface area contributed by atoms with Gasteiger partial charge in [-0.1, -0.05) is 35.8 Å². The van der Waals surface area contributed by atoms with Crippen LogP contribution in [0.5, 0.6) is 23.0 Å². The number of nitrogens with zero attached hydrogens (tertiary/aromatic N) is 2. The van der Waals surface area contributed by atoms with Gasteiger partial charge in [-0.15, -0.1) is 0 Å². The number of benzene rings is 2. The van der Waals surface area contributed by atoms with Gasteiger partial charge in [0.2, 0.25) is 0 Å². The first kappa shape index (κ1) is 45.9. The van der Waals surface area contributed by atoms with E-state index < -0.39 is 5.97 Å². The Bertz CT molecular complexity index is 967. The maximum Gasteiger partial charge on any atom is 3.00 e. The standard InChI is InChI=1S/C26H39N5O4.C2H4O2.C2H6O.Er.H2O/c1-3-34-23-9-5-7-21(25(23)32)19-30-17-15-28-13-11-27-12-14-29-16-18-31-20-22-8-6-10-24(26(22)33)35-4-2;1-2(3)4;1-2-3;;/h5-10,19-20,27-29,32-33H,3-4,11-18H2,1-2H3;1H3,(H,3,4);3H,2H2,1H3;;1H2/q;;;+3;/p-3. The van der Waals surface area contributed by atoms with Gasteiger partial charge < -0.3 is 56.1 Å². The van der Waals surface area contributed by atoms with Crippen molar-refractivity contribution in [3.05, 3.63) is 47.5 Å². The number of aliphatic imine (C=N–C) groups is 2. The molecule has 1 radical (unpaired) electrons. The number of aliphatic carboxylic acids is 1. The molecule has 0 spiro atoms. The van der Waals surface area contributed by atoms with Crippen LogP contribution in [0.3, 0.4) is 0 Å². The average Bonchev–Trinajstić information content (AvgIpc) is 2.95. The number of rotatable bonds is 18. The molecule has 0 fully saturated rings. The molecule has 0 heterocycles. The van der Waals surface area contributed by atoms with Crippen LogP contribution < -0.4 is 40.7 Å². The predicted octanol–water partition coefficient (Wildman–Crippen LogP) is -1.13. The van der Waals surface area contributed by atoms with Gasteiger partial charge in [0.1, 0.15) is 11.5 Å². The maximum absolute atomic E-state index is 12.2. The van der Waals surface area contributed by atoms with Gasteiger partial charge in [0.25, 0.3) is 0 Å². The minimum atomic E-state index is -1.08. The summed E-state index contributed by atoms with van der Waals surface area (Å²) in [6.07, 6.45) is 3.22. The van der Waals surface area contributed by atoms with E-state index in [1.165, 1.54) is 0 Å². The number of hydrogen-bond donors (Lipinski definition) is 4. The number of carboxylic acids is 1. The zero-order valence-corrected chi connectivity index (χ0v) is 27.8. The van der Waals surface area contributed by atoms with Crippen LogP contribution in [-0.2, 0) is 4.79 Å². The molecule has 13 nitrogen and oxygen atoms in total. The van der Waals surface area contributed by atoms with Crippen molar-refractivity contribution in [2.75, 3.05) is 72.2 Å². The molecular formula is C30H48ErN5O8. The summed E-state index contributed by atoms with van der Waals surface area (Å²) in [7, 11) is 0. The third-order valence-corrected chi connectivity index (χ3v) is 4.87. The third kappa shape index (κ3) is 23.9. The first-order valence-electron chi connectivity index (χ1n) is 14.1. The monoisotopic (exact) mass is 772 g/mol. The average molecular weight is 774 g/mol. The second kappa shape index (κ2) is 31.9. The van der Waals surface area contributed by atoms with Crippen molar-refractivity contribution in [3.8, 4) is 23.0 Å². The Balaban J connectivity index is -0.00000169. The van der Waals surface area contributed by atoms with E-state index in [2.05, 4.69) is 25.9 Å². The van der Waals surface area contributed by atoms with Gasteiger partial charge in [-0.2, -0.15) is 0 Å². The van der Waals surface area contributed by atoms with Crippen LogP contribution in [0.1, 0.15) is 38.8 Å². The molecule has 253 valence electrons. The first-order chi connectivity index (χ1) is 20.3. The van der Waals surface area contributed by atoms with Crippen LogP contribution in [0.2, 0.25) is 0 Å². The van der Waals surface area contributed by atoms with Gasteiger partial charge in [-0.3, -0.25) is 9.98 Å². The number of para-hydroxylation sites is 2. The van der Waals surface area contributed by atoms with Gasteiger partial charge in [0, 0.05) is 64.3 Å². The molecule has 0 saturated heterocycles. The molecule has 0 saturated carbocycles. The summed E-state index contributed by atoms with van der Waals surface area (Å²) in [5, 5.41) is 50.8. The summed E-state index contributed by atoms with van der Waals surface area (Å²) >= 11 is 0. The fourth-order valence-corrected chi connectivity index (χ4v) is 3.15. The maximum atomic E-state index is 12.2. The Labute approximate surface area is 290 Å². The Kier molecular flexibility index (Phi) is 33.3. The zero-order valence-electron chi connectivity index (χ0n) is 26.0. The molecule has 0 unspecified atom stereocenters. The summed E-state index contributed by atoms with van der Waals surface area (Å²) in [6.45, 7) is 13.6. The molecule has 0 aliphatic rings. The summed E-state index contributed by atoms with van der Waals surface area (Å²) in [5.74, 6) is -0.604. The normalized spacial score (nSPS) is 10.1. The van der Waals surface area contributed by atoms with Crippen molar-refractivity contribution in [2.24, 2.45) is 9.98 Å². The predicted molar refractivity (Wildman–Crippen MR) is 165 cm³/mol. The Morgan fingerprint density at radius 2 is 1.09 bits per heavy atom. The molecule has 6 N–H and O–H groups in total. The van der Waals surface area contributed by atoms with Gasteiger partial charge in [0.05, 0.1) is 26.3 Å². The minimum Gasteiger partial charge on any atom is -0.870 e. The van der Waals surface area contributed by atoms with Crippen LogP contribution in [-0.4, -0.2) is 101 Å². The van der Waals surface area contributed by atoms with Crippen molar-refractivity contribution in [1.29, 1.82) is 0 Å². The molecule has 0 aliphatic carbocycles. The van der Waals surface area contributed by atoms with Gasteiger partial charge >= 0.3 is 37.3 Å². The van der Waals surface area contributed by atoms with Crippen LogP contribution in [0.15, 0.2) is 46.4 Å². The fourth-order valence-electron chi connectivity index (χ4n) is 3.15. The van der Waals surface area contributed by atoms with Gasteiger partial charge in [-0.25, -0.2) is 0 Å². The molecule has 0 bridgehead atoms. The molecule has 2 rings (SSSR count). The second-order valence-corrected chi connectivity index (χ2v) is 8.34. The molecule has 2 aromatic rings. The molecule has 0 aromatic heterocycles. The molecule has 2 aromatic carbocycles. The molecule has 44 heavy (non-hydrogen) atoms. The van der Waals surface area contributed by atoms with Crippen molar-refractivity contribution < 1.29 is 77.5 Å². The SMILES string of the molecule is CC(=O)[O-].CCO.CCOc1cccc(C=NCCNCCNCCNCCN=Cc2cccc(OCC)c2[O-])c1[O-].O.[Er+3]. The number of nitrogens with one attached hydrogen (secondary N) is 3. The van der Waals surface area contributed by atoms with Gasteiger partial charge in [-0.05, 0) is 51.0 Å². The molecule has 0 aliphatic heterocycles. The van der Waals surface area contributed by atoms with E-state index in [0.29, 0.717) is 48.9 Å². The first-order valence-corrected chi connectivity index (χ1v) is 14.1. The van der Waals surface area contributed by atoms with Crippen LogP contribution in [0, 0.1) is 37.3 Å². The Morgan fingerprint density at radius 1 is 0.773 bits per heavy atom. The minimum absolute atomic E-state index is 0. The zero-order chi connectivity index (χ0) is 31.4. The number of ether oxygens (including phenoxy) is 2. The van der Waals surface area contributed by atoms with Crippen LogP contribution in [0.4, 0.5) is 0 Å². The Hall–Kier alpha value is -2.50. The Morgan fingerprint density at radius 3 is 1.41 bits per heavy atom. The van der Waals surface area contributed by atoms with Crippen LogP contribution >= 0.6 is 0 Å². The van der Waals surface area contributed by atoms with Gasteiger partial charge in [0.15, 0.2) is 0 Å². The second-order valence-electron chi connectivity index (χ2n) is 8.34.